The van der Waals surface area contributed by atoms with Gasteiger partial charge < -0.3 is 19.7 Å². The van der Waals surface area contributed by atoms with Crippen LogP contribution in [-0.2, 0) is 9.47 Å². The summed E-state index contributed by atoms with van der Waals surface area (Å²) in [7, 11) is 0. The molecule has 4 heterocycles. The Morgan fingerprint density at radius 2 is 1.15 bits per heavy atom. The topological polar surface area (TPSA) is 65.4 Å². The van der Waals surface area contributed by atoms with Gasteiger partial charge in [-0.3, -0.25) is 9.80 Å². The lowest BCUT2D eigenvalue weighted by molar-refractivity contribution is -0.117. The minimum Gasteiger partial charge on any atom is -0.390 e. The Hall–Kier alpha value is -0.240. The molecular formula is C14H26N2O4. The molecule has 4 saturated heterocycles. The second-order valence-corrected chi connectivity index (χ2v) is 6.13. The van der Waals surface area contributed by atoms with E-state index in [0.717, 1.165) is 65.3 Å². The Morgan fingerprint density at radius 1 is 0.700 bits per heavy atom. The van der Waals surface area contributed by atoms with Crippen molar-refractivity contribution in [2.24, 2.45) is 0 Å². The van der Waals surface area contributed by atoms with Crippen LogP contribution in [-0.4, -0.2) is 96.9 Å². The van der Waals surface area contributed by atoms with Crippen molar-refractivity contribution in [2.75, 3.05) is 52.5 Å². The number of hydrogen-bond acceptors (Lipinski definition) is 6. The highest BCUT2D eigenvalue weighted by Crippen LogP contribution is 2.18. The van der Waals surface area contributed by atoms with Crippen LogP contribution >= 0.6 is 0 Å². The van der Waals surface area contributed by atoms with Gasteiger partial charge in [-0.2, -0.15) is 0 Å². The smallest absolute Gasteiger partial charge is 0.0961 e. The van der Waals surface area contributed by atoms with Gasteiger partial charge in [0.05, 0.1) is 37.6 Å². The van der Waals surface area contributed by atoms with Crippen LogP contribution in [0.3, 0.4) is 0 Å². The lowest BCUT2D eigenvalue weighted by atomic mass is 10.0. The molecule has 0 radical (unpaired) electrons. The van der Waals surface area contributed by atoms with Gasteiger partial charge in [-0.1, -0.05) is 0 Å². The lowest BCUT2D eigenvalue weighted by Crippen LogP contribution is -2.53. The second-order valence-electron chi connectivity index (χ2n) is 6.13. The van der Waals surface area contributed by atoms with Gasteiger partial charge in [0.15, 0.2) is 0 Å². The molecule has 0 saturated carbocycles. The third-order valence-corrected chi connectivity index (χ3v) is 4.70. The zero-order valence-electron chi connectivity index (χ0n) is 12.0. The monoisotopic (exact) mass is 286 g/mol. The van der Waals surface area contributed by atoms with Crippen molar-refractivity contribution in [3.05, 3.63) is 0 Å². The van der Waals surface area contributed by atoms with Crippen molar-refractivity contribution in [1.82, 2.24) is 9.80 Å². The molecule has 4 rings (SSSR count). The standard InChI is InChI=1S/2C7H13NO2/c2*9-6-1-2-8-3-4-10-7(6)5-8/h2*6-7,9H,1-5H2. The van der Waals surface area contributed by atoms with Gasteiger partial charge >= 0.3 is 0 Å². The minimum absolute atomic E-state index is 0.0995. The largest absolute Gasteiger partial charge is 0.390 e. The molecule has 2 N–H and O–H groups in total. The number of ether oxygens (including phenoxy) is 2. The van der Waals surface area contributed by atoms with Crippen molar-refractivity contribution < 1.29 is 19.7 Å². The Morgan fingerprint density at radius 3 is 1.55 bits per heavy atom. The molecule has 0 aromatic carbocycles. The molecule has 4 fully saturated rings. The van der Waals surface area contributed by atoms with Crippen LogP contribution in [0.2, 0.25) is 0 Å². The van der Waals surface area contributed by atoms with E-state index < -0.39 is 0 Å². The molecule has 0 amide bonds. The molecule has 0 aliphatic carbocycles. The van der Waals surface area contributed by atoms with Crippen LogP contribution < -0.4 is 0 Å². The number of hydrogen-bond donors (Lipinski definition) is 2. The molecule has 6 unspecified atom stereocenters. The lowest BCUT2D eigenvalue weighted by Gasteiger charge is -2.40. The predicted molar refractivity (Wildman–Crippen MR) is 73.6 cm³/mol. The summed E-state index contributed by atoms with van der Waals surface area (Å²) in [4.78, 5) is 4.70. The Labute approximate surface area is 120 Å². The zero-order chi connectivity index (χ0) is 13.9. The second kappa shape index (κ2) is 6.68. The van der Waals surface area contributed by atoms with Gasteiger partial charge in [-0.15, -0.1) is 0 Å². The fourth-order valence-corrected chi connectivity index (χ4v) is 3.34. The van der Waals surface area contributed by atoms with Crippen LogP contribution in [0.1, 0.15) is 12.8 Å². The molecular weight excluding hydrogens is 260 g/mol. The quantitative estimate of drug-likeness (QED) is 0.589. The summed E-state index contributed by atoms with van der Waals surface area (Å²) in [5.41, 5.74) is 0. The summed E-state index contributed by atoms with van der Waals surface area (Å²) in [6.45, 7) is 7.63. The SMILES string of the molecule is OC1CCN2CCOC1C2.OC1CCN2CCOC1C2. The summed E-state index contributed by atoms with van der Waals surface area (Å²) < 4.78 is 10.7. The first-order chi connectivity index (χ1) is 9.72. The molecule has 6 heteroatoms. The van der Waals surface area contributed by atoms with E-state index in [1.165, 1.54) is 0 Å². The number of fused-ring (bicyclic) bond motifs is 4. The van der Waals surface area contributed by atoms with Gasteiger partial charge in [0, 0.05) is 39.3 Å². The van der Waals surface area contributed by atoms with Gasteiger partial charge in [-0.25, -0.2) is 0 Å². The summed E-state index contributed by atoms with van der Waals surface area (Å²) in [5, 5.41) is 18.7. The summed E-state index contributed by atoms with van der Waals surface area (Å²) in [6.07, 6.45) is 1.54. The number of aliphatic hydroxyl groups is 2. The first kappa shape index (κ1) is 14.7. The summed E-state index contributed by atoms with van der Waals surface area (Å²) >= 11 is 0. The first-order valence-corrected chi connectivity index (χ1v) is 7.76. The van der Waals surface area contributed by atoms with E-state index in [9.17, 15) is 10.2 Å². The summed E-state index contributed by atoms with van der Waals surface area (Å²) in [5.74, 6) is 0. The highest BCUT2D eigenvalue weighted by atomic mass is 16.5. The van der Waals surface area contributed by atoms with Crippen LogP contribution in [0.25, 0.3) is 0 Å². The van der Waals surface area contributed by atoms with Crippen molar-refractivity contribution >= 4 is 0 Å². The maximum Gasteiger partial charge on any atom is 0.0961 e. The molecule has 6 nitrogen and oxygen atoms in total. The zero-order valence-corrected chi connectivity index (χ0v) is 12.0. The average molecular weight is 286 g/mol. The van der Waals surface area contributed by atoms with Crippen molar-refractivity contribution in [2.45, 2.75) is 37.3 Å². The van der Waals surface area contributed by atoms with Crippen molar-refractivity contribution in [1.29, 1.82) is 0 Å². The van der Waals surface area contributed by atoms with Crippen LogP contribution in [0.4, 0.5) is 0 Å². The van der Waals surface area contributed by atoms with E-state index in [4.69, 9.17) is 9.47 Å². The average Bonchev–Trinajstić information content (AvgIpc) is 2.49. The highest BCUT2D eigenvalue weighted by Gasteiger charge is 2.32. The van der Waals surface area contributed by atoms with E-state index in [2.05, 4.69) is 9.80 Å². The van der Waals surface area contributed by atoms with Crippen LogP contribution in [0, 0.1) is 0 Å². The van der Waals surface area contributed by atoms with Crippen LogP contribution in [0.15, 0.2) is 0 Å². The molecule has 20 heavy (non-hydrogen) atoms. The first-order valence-electron chi connectivity index (χ1n) is 7.76. The molecule has 6 atom stereocenters. The Bertz CT molecular complexity index is 284. The van der Waals surface area contributed by atoms with E-state index in [-0.39, 0.29) is 24.4 Å². The minimum atomic E-state index is -0.212. The number of aliphatic hydroxyl groups excluding tert-OH is 2. The van der Waals surface area contributed by atoms with Gasteiger partial charge in [0.1, 0.15) is 0 Å². The molecule has 4 bridgehead atoms. The maximum atomic E-state index is 9.37. The Kier molecular flexibility index (Phi) is 4.91. The van der Waals surface area contributed by atoms with Crippen LogP contribution in [0.5, 0.6) is 0 Å². The normalized spacial score (nSPS) is 47.1. The maximum absolute atomic E-state index is 9.37. The molecule has 4 aliphatic rings. The van der Waals surface area contributed by atoms with E-state index in [1.807, 2.05) is 0 Å². The van der Waals surface area contributed by atoms with Gasteiger partial charge in [0.2, 0.25) is 0 Å². The highest BCUT2D eigenvalue weighted by molar-refractivity contribution is 4.84. The van der Waals surface area contributed by atoms with Crippen molar-refractivity contribution in [3.63, 3.8) is 0 Å². The fourth-order valence-electron chi connectivity index (χ4n) is 3.34. The van der Waals surface area contributed by atoms with E-state index >= 15 is 0 Å². The molecule has 4 aliphatic heterocycles. The molecule has 0 aromatic heterocycles. The van der Waals surface area contributed by atoms with E-state index in [1.54, 1.807) is 0 Å². The van der Waals surface area contributed by atoms with Crippen molar-refractivity contribution in [3.8, 4) is 0 Å². The predicted octanol–water partition coefficient (Wildman–Crippen LogP) is -1.10. The Balaban J connectivity index is 0.000000121. The molecule has 0 spiro atoms. The third-order valence-electron chi connectivity index (χ3n) is 4.70. The molecule has 0 aromatic rings. The summed E-state index contributed by atoms with van der Waals surface area (Å²) in [6, 6.07) is 0. The number of nitrogens with zero attached hydrogens (tertiary/aromatic N) is 2. The number of morpholine rings is 2. The third kappa shape index (κ3) is 3.50. The van der Waals surface area contributed by atoms with Gasteiger partial charge in [0.25, 0.3) is 0 Å². The van der Waals surface area contributed by atoms with E-state index in [0.29, 0.717) is 0 Å². The van der Waals surface area contributed by atoms with Gasteiger partial charge in [-0.05, 0) is 12.8 Å². The number of piperidine rings is 2. The number of rotatable bonds is 0. The fraction of sp³-hybridized carbons (Fsp3) is 1.00. The molecule has 116 valence electrons.